The van der Waals surface area contributed by atoms with Crippen LogP contribution in [0.2, 0.25) is 0 Å². The van der Waals surface area contributed by atoms with Gasteiger partial charge in [0.2, 0.25) is 23.6 Å². The summed E-state index contributed by atoms with van der Waals surface area (Å²) in [5, 5.41) is 9.60. The maximum absolute atomic E-state index is 11.5. The largest absolute Gasteiger partial charge is 0.457 e. The van der Waals surface area contributed by atoms with Crippen LogP contribution in [0.5, 0.6) is 0 Å². The molecular weight excluding hydrogens is 390 g/mol. The van der Waals surface area contributed by atoms with Crippen LogP contribution in [0, 0.1) is 4.91 Å². The lowest BCUT2D eigenvalue weighted by molar-refractivity contribution is -0.247. The predicted molar refractivity (Wildman–Crippen MR) is 85.9 cm³/mol. The normalized spacial score (nSPS) is 26.1. The quantitative estimate of drug-likeness (QED) is 0.210. The summed E-state index contributed by atoms with van der Waals surface area (Å²) >= 11 is 0.111. The molecule has 0 aromatic carbocycles. The van der Waals surface area contributed by atoms with Crippen LogP contribution in [0.1, 0.15) is 27.7 Å². The van der Waals surface area contributed by atoms with E-state index in [-0.39, 0.29) is 11.9 Å². The number of nitroso groups, excluding NO2 is 1. The van der Waals surface area contributed by atoms with Crippen molar-refractivity contribution in [3.8, 4) is 0 Å². The van der Waals surface area contributed by atoms with Crippen LogP contribution in [0.15, 0.2) is 15.4 Å². The van der Waals surface area contributed by atoms with Crippen molar-refractivity contribution in [3.63, 3.8) is 0 Å². The van der Waals surface area contributed by atoms with E-state index < -0.39 is 59.3 Å². The van der Waals surface area contributed by atoms with Crippen LogP contribution in [0.3, 0.4) is 0 Å². The van der Waals surface area contributed by atoms with E-state index in [2.05, 4.69) is 4.58 Å². The van der Waals surface area contributed by atoms with E-state index in [9.17, 15) is 29.2 Å². The summed E-state index contributed by atoms with van der Waals surface area (Å²) in [6, 6.07) is 0. The molecule has 0 aromatic rings. The molecule has 0 amide bonds. The Morgan fingerprint density at radius 3 is 1.89 bits per heavy atom. The molecule has 1 rings (SSSR count). The van der Waals surface area contributed by atoms with Crippen molar-refractivity contribution in [1.29, 1.82) is 0 Å². The third-order valence-corrected chi connectivity index (χ3v) is 3.39. The van der Waals surface area contributed by atoms with Crippen molar-refractivity contribution in [2.24, 2.45) is 4.58 Å². The van der Waals surface area contributed by atoms with E-state index in [1.807, 2.05) is 0 Å². The van der Waals surface area contributed by atoms with Gasteiger partial charge >= 0.3 is 23.9 Å². The first-order chi connectivity index (χ1) is 12.6. The summed E-state index contributed by atoms with van der Waals surface area (Å²) in [6.45, 7) is 4.08. The summed E-state index contributed by atoms with van der Waals surface area (Å²) in [5.74, 6) is -3.98. The van der Waals surface area contributed by atoms with E-state index in [1.165, 1.54) is 0 Å². The summed E-state index contributed by atoms with van der Waals surface area (Å²) in [4.78, 5) is 56.1. The Morgan fingerprint density at radius 1 is 0.926 bits per heavy atom. The first-order valence-corrected chi connectivity index (χ1v) is 8.12. The van der Waals surface area contributed by atoms with Crippen molar-refractivity contribution in [1.82, 2.24) is 0 Å². The number of rotatable bonds is 6. The highest BCUT2D eigenvalue weighted by Crippen LogP contribution is 2.35. The van der Waals surface area contributed by atoms with Gasteiger partial charge in [0.1, 0.15) is 0 Å². The third-order valence-electron chi connectivity index (χ3n) is 2.86. The van der Waals surface area contributed by atoms with Gasteiger partial charge in [-0.3, -0.25) is 19.2 Å². The molecule has 0 bridgehead atoms. The minimum atomic E-state index is -1.90. The van der Waals surface area contributed by atoms with E-state index in [4.69, 9.17) is 23.7 Å². The summed E-state index contributed by atoms with van der Waals surface area (Å²) in [6.07, 6.45) is -6.65. The van der Waals surface area contributed by atoms with Gasteiger partial charge in [0.25, 0.3) is 0 Å². The summed E-state index contributed by atoms with van der Waals surface area (Å²) in [5.41, 5.74) is 0. The summed E-state index contributed by atoms with van der Waals surface area (Å²) < 4.78 is 27.4. The topological polar surface area (TPSA) is 164 Å². The number of hydrogen-bond donors (Lipinski definition) is 1. The second-order valence-corrected chi connectivity index (χ2v) is 5.80. The molecular formula is C14H17NO11S. The Hall–Kier alpha value is -2.67. The fourth-order valence-corrected chi connectivity index (χ4v) is 2.60. The Bertz CT molecular complexity index is 661. The SMILES string of the molecule is CC(=O)OC(SN=O)=C1O[C@@H](O)[C@H](OC(C)=O)[C@@H](OC(C)=O)[C@@H]1OC(C)=O. The number of carbonyl (C=O) groups excluding carboxylic acids is 4. The molecule has 0 aromatic heterocycles. The molecule has 4 atom stereocenters. The zero-order valence-electron chi connectivity index (χ0n) is 14.7. The van der Waals surface area contributed by atoms with Crippen LogP contribution in [-0.4, -0.2) is 53.6 Å². The van der Waals surface area contributed by atoms with Gasteiger partial charge in [-0.15, -0.1) is 4.91 Å². The Kier molecular flexibility index (Phi) is 8.18. The van der Waals surface area contributed by atoms with Gasteiger partial charge in [-0.05, 0) is 0 Å². The number of hydrogen-bond acceptors (Lipinski definition) is 13. The second kappa shape index (κ2) is 9.87. The lowest BCUT2D eigenvalue weighted by Crippen LogP contribution is -2.56. The molecule has 0 saturated carbocycles. The molecule has 0 radical (unpaired) electrons. The molecule has 1 aliphatic heterocycles. The number of aliphatic hydroxyl groups is 1. The molecule has 12 nitrogen and oxygen atoms in total. The van der Waals surface area contributed by atoms with Crippen molar-refractivity contribution in [3.05, 3.63) is 15.8 Å². The molecule has 1 aliphatic rings. The van der Waals surface area contributed by atoms with Gasteiger partial charge in [-0.1, -0.05) is 0 Å². The number of carbonyl (C=O) groups is 4. The predicted octanol–water partition coefficient (Wildman–Crippen LogP) is 0.277. The molecule has 1 N–H and O–H groups in total. The van der Waals surface area contributed by atoms with Crippen LogP contribution in [-0.2, 0) is 42.9 Å². The standard InChI is InChI=1S/C14H17NO11S/c1-5(16)22-9-10(23-6(2)17)12(14(27-15-21)25-8(4)19)26-13(20)11(9)24-7(3)18/h9-11,13,20H,1-4H3/t9-,10-,11+,13+/m0/s1. The maximum Gasteiger partial charge on any atom is 0.308 e. The molecule has 13 heteroatoms. The fourth-order valence-electron chi connectivity index (χ4n) is 2.13. The van der Waals surface area contributed by atoms with Crippen molar-refractivity contribution in [2.75, 3.05) is 0 Å². The molecule has 0 spiro atoms. The lowest BCUT2D eigenvalue weighted by Gasteiger charge is -2.39. The van der Waals surface area contributed by atoms with Crippen LogP contribution in [0.25, 0.3) is 0 Å². The van der Waals surface area contributed by atoms with Crippen LogP contribution in [0.4, 0.5) is 0 Å². The highest BCUT2D eigenvalue weighted by molar-refractivity contribution is 8.01. The van der Waals surface area contributed by atoms with E-state index >= 15 is 0 Å². The van der Waals surface area contributed by atoms with Gasteiger partial charge < -0.3 is 28.8 Å². The van der Waals surface area contributed by atoms with Gasteiger partial charge in [0, 0.05) is 32.3 Å². The number of nitrogens with zero attached hydrogens (tertiary/aromatic N) is 1. The van der Waals surface area contributed by atoms with Crippen molar-refractivity contribution >= 4 is 35.8 Å². The van der Waals surface area contributed by atoms with Crippen molar-refractivity contribution in [2.45, 2.75) is 52.3 Å². The fraction of sp³-hybridized carbons (Fsp3) is 0.571. The zero-order chi connectivity index (χ0) is 20.7. The molecule has 27 heavy (non-hydrogen) atoms. The van der Waals surface area contributed by atoms with E-state index in [0.29, 0.717) is 0 Å². The molecule has 0 aliphatic carbocycles. The van der Waals surface area contributed by atoms with Gasteiger partial charge in [-0.2, -0.15) is 0 Å². The van der Waals surface area contributed by atoms with E-state index in [0.717, 1.165) is 27.7 Å². The Balaban J connectivity index is 3.50. The lowest BCUT2D eigenvalue weighted by atomic mass is 10.0. The number of esters is 4. The van der Waals surface area contributed by atoms with Gasteiger partial charge in [0.15, 0.2) is 11.9 Å². The van der Waals surface area contributed by atoms with Crippen LogP contribution < -0.4 is 0 Å². The van der Waals surface area contributed by atoms with Crippen LogP contribution >= 0.6 is 11.9 Å². The zero-order valence-corrected chi connectivity index (χ0v) is 15.5. The van der Waals surface area contributed by atoms with Gasteiger partial charge in [-0.25, -0.2) is 0 Å². The molecule has 1 saturated heterocycles. The highest BCUT2D eigenvalue weighted by atomic mass is 32.2. The number of aliphatic hydroxyl groups excluding tert-OH is 1. The Morgan fingerprint density at radius 2 is 1.44 bits per heavy atom. The van der Waals surface area contributed by atoms with Gasteiger partial charge in [0.05, 0.1) is 11.9 Å². The average Bonchev–Trinajstić information content (AvgIpc) is 2.51. The minimum absolute atomic E-state index is 0.111. The maximum atomic E-state index is 11.5. The summed E-state index contributed by atoms with van der Waals surface area (Å²) in [7, 11) is 0. The molecule has 1 heterocycles. The third kappa shape index (κ3) is 6.53. The molecule has 0 unspecified atom stereocenters. The average molecular weight is 407 g/mol. The van der Waals surface area contributed by atoms with E-state index in [1.54, 1.807) is 0 Å². The second-order valence-electron chi connectivity index (χ2n) is 5.10. The monoisotopic (exact) mass is 407 g/mol. The smallest absolute Gasteiger partial charge is 0.308 e. The first kappa shape index (κ1) is 22.4. The highest BCUT2D eigenvalue weighted by Gasteiger charge is 2.51. The Labute approximate surface area is 157 Å². The number of ether oxygens (including phenoxy) is 5. The molecule has 1 fully saturated rings. The van der Waals surface area contributed by atoms with Crippen molar-refractivity contribution < 1.29 is 48.0 Å². The minimum Gasteiger partial charge on any atom is -0.457 e. The molecule has 150 valence electrons. The first-order valence-electron chi connectivity index (χ1n) is 7.35.